The summed E-state index contributed by atoms with van der Waals surface area (Å²) >= 11 is 0. The topological polar surface area (TPSA) is 67.4 Å². The second kappa shape index (κ2) is 8.43. The maximum absolute atomic E-state index is 13.2. The van der Waals surface area contributed by atoms with Gasteiger partial charge in [0.15, 0.2) is 0 Å². The monoisotopic (exact) mass is 348 g/mol. The molecule has 0 aromatic heterocycles. The van der Waals surface area contributed by atoms with Crippen molar-refractivity contribution >= 4 is 11.8 Å². The van der Waals surface area contributed by atoms with Crippen molar-refractivity contribution in [3.63, 3.8) is 0 Å². The molecule has 6 heteroatoms. The number of halogens is 1. The van der Waals surface area contributed by atoms with Crippen LogP contribution in [0.25, 0.3) is 0 Å². The van der Waals surface area contributed by atoms with Gasteiger partial charge in [-0.2, -0.15) is 0 Å². The minimum absolute atomic E-state index is 0.0782. The molecule has 0 unspecified atom stereocenters. The molecule has 0 radical (unpaired) electrons. The molecule has 3 rings (SSSR count). The summed E-state index contributed by atoms with van der Waals surface area (Å²) in [6.07, 6.45) is 4.66. The van der Waals surface area contributed by atoms with E-state index in [1.165, 1.54) is 12.1 Å². The highest BCUT2D eigenvalue weighted by Gasteiger charge is 2.30. The molecule has 1 aromatic rings. The Morgan fingerprint density at radius 3 is 2.60 bits per heavy atom. The van der Waals surface area contributed by atoms with E-state index in [9.17, 15) is 14.0 Å². The number of benzene rings is 1. The number of rotatable bonds is 8. The molecule has 1 heterocycles. The van der Waals surface area contributed by atoms with Gasteiger partial charge >= 0.3 is 0 Å². The van der Waals surface area contributed by atoms with Gasteiger partial charge in [-0.25, -0.2) is 4.39 Å². The molecule has 2 N–H and O–H groups in total. The maximum Gasteiger partial charge on any atom is 0.223 e. The lowest BCUT2D eigenvalue weighted by atomic mass is 9.99. The minimum Gasteiger partial charge on any atom is -0.376 e. The summed E-state index contributed by atoms with van der Waals surface area (Å²) in [5.74, 6) is -0.0850. The second-order valence-electron chi connectivity index (χ2n) is 6.82. The molecule has 1 saturated carbocycles. The molecular weight excluding hydrogens is 323 g/mol. The fraction of sp³-hybridized carbons (Fsp3) is 0.579. The van der Waals surface area contributed by atoms with Crippen LogP contribution in [-0.2, 0) is 14.3 Å². The van der Waals surface area contributed by atoms with Gasteiger partial charge in [0.25, 0.3) is 0 Å². The SMILES string of the molecule is O=C(CCCNC(=O)C1CC1)N[C@H](c1ccc(F)cc1)[C@H]1CCCO1. The highest BCUT2D eigenvalue weighted by atomic mass is 19.1. The van der Waals surface area contributed by atoms with Crippen molar-refractivity contribution in [2.45, 2.75) is 50.7 Å². The first-order chi connectivity index (χ1) is 12.1. The first kappa shape index (κ1) is 17.9. The number of carbonyl (C=O) groups is 2. The summed E-state index contributed by atoms with van der Waals surface area (Å²) in [6.45, 7) is 1.20. The summed E-state index contributed by atoms with van der Waals surface area (Å²) in [6, 6.07) is 5.92. The van der Waals surface area contributed by atoms with E-state index in [4.69, 9.17) is 4.74 Å². The molecule has 2 fully saturated rings. The standard InChI is InChI=1S/C19H25FN2O3/c20-15-9-7-13(8-10-15)18(16-3-2-12-25-16)22-17(23)4-1-11-21-19(24)14-5-6-14/h7-10,14,16,18H,1-6,11-12H2,(H,21,24)(H,22,23)/t16-,18-/m1/s1. The Kier molecular flexibility index (Phi) is 6.02. The van der Waals surface area contributed by atoms with Gasteiger partial charge in [-0.3, -0.25) is 9.59 Å². The van der Waals surface area contributed by atoms with Crippen molar-refractivity contribution in [3.05, 3.63) is 35.6 Å². The summed E-state index contributed by atoms with van der Waals surface area (Å²) in [5, 5.41) is 5.88. The van der Waals surface area contributed by atoms with E-state index in [1.807, 2.05) is 0 Å². The fourth-order valence-electron chi connectivity index (χ4n) is 3.12. The van der Waals surface area contributed by atoms with E-state index < -0.39 is 0 Å². The largest absolute Gasteiger partial charge is 0.376 e. The second-order valence-corrected chi connectivity index (χ2v) is 6.82. The van der Waals surface area contributed by atoms with Crippen LogP contribution in [-0.4, -0.2) is 31.1 Å². The molecule has 1 saturated heterocycles. The van der Waals surface area contributed by atoms with Gasteiger partial charge in [0.2, 0.25) is 11.8 Å². The summed E-state index contributed by atoms with van der Waals surface area (Å²) < 4.78 is 18.9. The molecule has 25 heavy (non-hydrogen) atoms. The molecule has 2 atom stereocenters. The van der Waals surface area contributed by atoms with Crippen LogP contribution in [0.15, 0.2) is 24.3 Å². The van der Waals surface area contributed by atoms with E-state index in [0.29, 0.717) is 26.0 Å². The summed E-state index contributed by atoms with van der Waals surface area (Å²) in [4.78, 5) is 23.8. The zero-order valence-corrected chi connectivity index (χ0v) is 14.3. The normalized spacial score (nSPS) is 20.9. The number of ether oxygens (including phenoxy) is 1. The highest BCUT2D eigenvalue weighted by molar-refractivity contribution is 5.81. The zero-order chi connectivity index (χ0) is 17.6. The van der Waals surface area contributed by atoms with Gasteiger partial charge in [0.05, 0.1) is 12.1 Å². The third-order valence-electron chi connectivity index (χ3n) is 4.71. The lowest BCUT2D eigenvalue weighted by Crippen LogP contribution is -2.36. The molecule has 0 spiro atoms. The fourth-order valence-corrected chi connectivity index (χ4v) is 3.12. The highest BCUT2D eigenvalue weighted by Crippen LogP contribution is 2.29. The van der Waals surface area contributed by atoms with E-state index in [2.05, 4.69) is 10.6 Å². The maximum atomic E-state index is 13.2. The van der Waals surface area contributed by atoms with Crippen molar-refractivity contribution in [1.29, 1.82) is 0 Å². The molecule has 1 aliphatic carbocycles. The average Bonchev–Trinajstić information content (AvgIpc) is 3.33. The van der Waals surface area contributed by atoms with Gasteiger partial charge < -0.3 is 15.4 Å². The number of hydrogen-bond donors (Lipinski definition) is 2. The first-order valence-corrected chi connectivity index (χ1v) is 9.07. The molecule has 2 amide bonds. The van der Waals surface area contributed by atoms with Crippen molar-refractivity contribution in [2.75, 3.05) is 13.2 Å². The Balaban J connectivity index is 1.49. The predicted octanol–water partition coefficient (Wildman–Crippen LogP) is 2.47. The molecule has 136 valence electrons. The predicted molar refractivity (Wildman–Crippen MR) is 91.2 cm³/mol. The minimum atomic E-state index is -0.299. The van der Waals surface area contributed by atoms with E-state index in [1.54, 1.807) is 12.1 Å². The van der Waals surface area contributed by atoms with Crippen LogP contribution in [0, 0.1) is 11.7 Å². The zero-order valence-electron chi connectivity index (χ0n) is 14.3. The quantitative estimate of drug-likeness (QED) is 0.709. The average molecular weight is 348 g/mol. The third-order valence-corrected chi connectivity index (χ3v) is 4.71. The van der Waals surface area contributed by atoms with Crippen LogP contribution >= 0.6 is 0 Å². The number of hydrogen-bond acceptors (Lipinski definition) is 3. The lowest BCUT2D eigenvalue weighted by Gasteiger charge is -2.25. The number of carbonyl (C=O) groups excluding carboxylic acids is 2. The summed E-state index contributed by atoms with van der Waals surface area (Å²) in [5.41, 5.74) is 0.851. The van der Waals surface area contributed by atoms with Gasteiger partial charge in [-0.1, -0.05) is 12.1 Å². The third kappa shape index (κ3) is 5.26. The number of amides is 2. The Morgan fingerprint density at radius 2 is 1.96 bits per heavy atom. The van der Waals surface area contributed by atoms with Crippen LogP contribution in [0.2, 0.25) is 0 Å². The van der Waals surface area contributed by atoms with Gasteiger partial charge in [0, 0.05) is 25.5 Å². The van der Waals surface area contributed by atoms with E-state index >= 15 is 0 Å². The molecule has 5 nitrogen and oxygen atoms in total. The smallest absolute Gasteiger partial charge is 0.223 e. The van der Waals surface area contributed by atoms with Crippen molar-refractivity contribution in [2.24, 2.45) is 5.92 Å². The van der Waals surface area contributed by atoms with Gasteiger partial charge in [-0.15, -0.1) is 0 Å². The van der Waals surface area contributed by atoms with Crippen LogP contribution < -0.4 is 10.6 Å². The molecule has 1 aliphatic heterocycles. The van der Waals surface area contributed by atoms with E-state index in [0.717, 1.165) is 31.2 Å². The van der Waals surface area contributed by atoms with Crippen molar-refractivity contribution in [3.8, 4) is 0 Å². The van der Waals surface area contributed by atoms with Crippen LogP contribution in [0.3, 0.4) is 0 Å². The number of nitrogens with one attached hydrogen (secondary N) is 2. The molecular formula is C19H25FN2O3. The lowest BCUT2D eigenvalue weighted by molar-refractivity contribution is -0.124. The van der Waals surface area contributed by atoms with Crippen LogP contribution in [0.4, 0.5) is 4.39 Å². The van der Waals surface area contributed by atoms with Crippen LogP contribution in [0.1, 0.15) is 50.1 Å². The summed E-state index contributed by atoms with van der Waals surface area (Å²) in [7, 11) is 0. The Hall–Kier alpha value is -1.95. The van der Waals surface area contributed by atoms with Gasteiger partial charge in [-0.05, 0) is 49.8 Å². The van der Waals surface area contributed by atoms with E-state index in [-0.39, 0.29) is 35.7 Å². The molecule has 1 aromatic carbocycles. The molecule has 0 bridgehead atoms. The first-order valence-electron chi connectivity index (χ1n) is 9.07. The van der Waals surface area contributed by atoms with Crippen molar-refractivity contribution < 1.29 is 18.7 Å². The Bertz CT molecular complexity index is 595. The molecule has 2 aliphatic rings. The van der Waals surface area contributed by atoms with Crippen molar-refractivity contribution in [1.82, 2.24) is 10.6 Å². The Labute approximate surface area is 147 Å². The Morgan fingerprint density at radius 1 is 1.20 bits per heavy atom. The van der Waals surface area contributed by atoms with Gasteiger partial charge in [0.1, 0.15) is 5.82 Å². The van der Waals surface area contributed by atoms with Crippen LogP contribution in [0.5, 0.6) is 0 Å².